The van der Waals surface area contributed by atoms with Crippen LogP contribution in [0.15, 0.2) is 60.7 Å². The number of rotatable bonds is 14. The Hall–Kier alpha value is -2.17. The van der Waals surface area contributed by atoms with Crippen LogP contribution < -0.4 is 0 Å². The monoisotopic (exact) mass is 426 g/mol. The Balaban J connectivity index is 1.86. The average molecular weight is 427 g/mol. The number of hydrogen-bond donors (Lipinski definition) is 0. The summed E-state index contributed by atoms with van der Waals surface area (Å²) in [5.41, 5.74) is 2.27. The molecule has 0 aromatic heterocycles. The molecule has 1 atom stereocenters. The molecule has 0 spiro atoms. The minimum Gasteiger partial charge on any atom is -0.461 e. The van der Waals surface area contributed by atoms with Crippen molar-refractivity contribution >= 4 is 5.97 Å². The maximum atomic E-state index is 12.4. The van der Waals surface area contributed by atoms with Gasteiger partial charge in [-0.3, -0.25) is 0 Å². The molecule has 0 N–H and O–H groups in total. The lowest BCUT2D eigenvalue weighted by Gasteiger charge is -2.30. The van der Waals surface area contributed by atoms with Gasteiger partial charge in [-0.05, 0) is 23.5 Å². The zero-order chi connectivity index (χ0) is 22.5. The molecular formula is C27H40NO3+. The molecule has 2 aromatic carbocycles. The largest absolute Gasteiger partial charge is 0.461 e. The first kappa shape index (κ1) is 25.1. The molecule has 4 heteroatoms. The third-order valence-electron chi connectivity index (χ3n) is 5.77. The number of nitrogens with zero attached hydrogens (tertiary/aromatic N) is 1. The smallest absolute Gasteiger partial charge is 0.361 e. The van der Waals surface area contributed by atoms with E-state index in [1.807, 2.05) is 36.4 Å². The molecule has 0 amide bonds. The van der Waals surface area contributed by atoms with Gasteiger partial charge in [0, 0.05) is 0 Å². The van der Waals surface area contributed by atoms with Gasteiger partial charge >= 0.3 is 5.97 Å². The number of carbonyl (C=O) groups is 1. The summed E-state index contributed by atoms with van der Waals surface area (Å²) >= 11 is 0. The molecule has 170 valence electrons. The van der Waals surface area contributed by atoms with Gasteiger partial charge in [0.1, 0.15) is 12.6 Å². The fourth-order valence-corrected chi connectivity index (χ4v) is 3.64. The maximum Gasteiger partial charge on any atom is 0.361 e. The fraction of sp³-hybridized carbons (Fsp3) is 0.519. The SMILES string of the molecule is CCCC[C@H](CC)COC(=O)C[N+](C)(C)CCOC(c1ccccc1)c1ccccc1. The molecule has 0 radical (unpaired) electrons. The zero-order valence-electron chi connectivity index (χ0n) is 19.8. The van der Waals surface area contributed by atoms with Crippen LogP contribution in [0.2, 0.25) is 0 Å². The van der Waals surface area contributed by atoms with E-state index in [1.54, 1.807) is 0 Å². The van der Waals surface area contributed by atoms with Crippen LogP contribution in [0.1, 0.15) is 56.8 Å². The second-order valence-electron chi connectivity index (χ2n) is 8.99. The van der Waals surface area contributed by atoms with Crippen molar-refractivity contribution in [2.24, 2.45) is 5.92 Å². The first-order valence-electron chi connectivity index (χ1n) is 11.6. The Morgan fingerprint density at radius 3 is 2.03 bits per heavy atom. The second kappa shape index (κ2) is 13.3. The van der Waals surface area contributed by atoms with Gasteiger partial charge in [0.2, 0.25) is 0 Å². The highest BCUT2D eigenvalue weighted by molar-refractivity contribution is 5.70. The third-order valence-corrected chi connectivity index (χ3v) is 5.77. The molecule has 2 rings (SSSR count). The van der Waals surface area contributed by atoms with Crippen LogP contribution in [0.5, 0.6) is 0 Å². The number of quaternary nitrogens is 1. The Morgan fingerprint density at radius 1 is 0.935 bits per heavy atom. The molecule has 0 saturated heterocycles. The molecule has 0 unspecified atom stereocenters. The molecule has 0 saturated carbocycles. The highest BCUT2D eigenvalue weighted by Gasteiger charge is 2.23. The van der Waals surface area contributed by atoms with E-state index in [1.165, 1.54) is 12.8 Å². The number of ether oxygens (including phenoxy) is 2. The zero-order valence-corrected chi connectivity index (χ0v) is 19.8. The van der Waals surface area contributed by atoms with Crippen LogP contribution in [-0.4, -0.2) is 50.9 Å². The van der Waals surface area contributed by atoms with E-state index in [9.17, 15) is 4.79 Å². The standard InChI is InChI=1S/C27H40NO3/c1-5-7-14-23(6-2)22-31-26(29)21-28(3,4)19-20-30-27(24-15-10-8-11-16-24)25-17-12-9-13-18-25/h8-13,15-18,23,27H,5-7,14,19-22H2,1-4H3/q+1/t23-/m0/s1. The van der Waals surface area contributed by atoms with E-state index >= 15 is 0 Å². The van der Waals surface area contributed by atoms with Gasteiger partial charge in [0.25, 0.3) is 0 Å². The van der Waals surface area contributed by atoms with Gasteiger partial charge in [-0.25, -0.2) is 4.79 Å². The summed E-state index contributed by atoms with van der Waals surface area (Å²) in [5.74, 6) is 0.350. The second-order valence-corrected chi connectivity index (χ2v) is 8.99. The number of benzene rings is 2. The molecule has 0 heterocycles. The predicted octanol–water partition coefficient (Wildman–Crippen LogP) is 5.63. The summed E-state index contributed by atoms with van der Waals surface area (Å²) in [6.45, 7) is 6.55. The molecule has 0 fully saturated rings. The Labute approximate surface area is 188 Å². The van der Waals surface area contributed by atoms with Gasteiger partial charge < -0.3 is 14.0 Å². The average Bonchev–Trinajstić information content (AvgIpc) is 2.77. The van der Waals surface area contributed by atoms with Crippen molar-refractivity contribution in [1.29, 1.82) is 0 Å². The molecule has 4 nitrogen and oxygen atoms in total. The van der Waals surface area contributed by atoms with Crippen LogP contribution in [-0.2, 0) is 14.3 Å². The van der Waals surface area contributed by atoms with Crippen molar-refractivity contribution in [3.63, 3.8) is 0 Å². The van der Waals surface area contributed by atoms with Crippen molar-refractivity contribution in [3.8, 4) is 0 Å². The minimum atomic E-state index is -0.123. The maximum absolute atomic E-state index is 12.4. The van der Waals surface area contributed by atoms with E-state index < -0.39 is 0 Å². The first-order chi connectivity index (χ1) is 14.9. The summed E-state index contributed by atoms with van der Waals surface area (Å²) in [6.07, 6.45) is 4.45. The Morgan fingerprint density at radius 2 is 1.52 bits per heavy atom. The summed E-state index contributed by atoms with van der Waals surface area (Å²) in [6, 6.07) is 20.6. The Kier molecular flexibility index (Phi) is 10.8. The normalized spacial score (nSPS) is 12.7. The number of unbranched alkanes of at least 4 members (excludes halogenated alkanes) is 1. The number of likely N-dealkylation sites (N-methyl/N-ethyl adjacent to an activating group) is 1. The quantitative estimate of drug-likeness (QED) is 0.290. The van der Waals surface area contributed by atoms with E-state index in [4.69, 9.17) is 9.47 Å². The molecule has 31 heavy (non-hydrogen) atoms. The summed E-state index contributed by atoms with van der Waals surface area (Å²) < 4.78 is 12.5. The fourth-order valence-electron chi connectivity index (χ4n) is 3.64. The van der Waals surface area contributed by atoms with Crippen LogP contribution in [0.3, 0.4) is 0 Å². The van der Waals surface area contributed by atoms with Gasteiger partial charge in [0.05, 0.1) is 27.3 Å². The van der Waals surface area contributed by atoms with Crippen molar-refractivity contribution in [2.45, 2.75) is 45.6 Å². The summed E-state index contributed by atoms with van der Waals surface area (Å²) in [5, 5.41) is 0. The van der Waals surface area contributed by atoms with Crippen molar-refractivity contribution in [1.82, 2.24) is 0 Å². The number of hydrogen-bond acceptors (Lipinski definition) is 3. The van der Waals surface area contributed by atoms with E-state index in [-0.39, 0.29) is 12.1 Å². The van der Waals surface area contributed by atoms with E-state index in [0.29, 0.717) is 30.2 Å². The molecule has 2 aromatic rings. The predicted molar refractivity (Wildman–Crippen MR) is 127 cm³/mol. The molecule has 0 aliphatic rings. The Bertz CT molecular complexity index is 706. The van der Waals surface area contributed by atoms with Gasteiger partial charge in [0.15, 0.2) is 6.54 Å². The third kappa shape index (κ3) is 9.24. The highest BCUT2D eigenvalue weighted by Crippen LogP contribution is 2.25. The van der Waals surface area contributed by atoms with E-state index in [0.717, 1.165) is 30.5 Å². The lowest BCUT2D eigenvalue weighted by atomic mass is 10.0. The van der Waals surface area contributed by atoms with Crippen LogP contribution in [0.25, 0.3) is 0 Å². The van der Waals surface area contributed by atoms with Gasteiger partial charge in [-0.15, -0.1) is 0 Å². The number of esters is 1. The molecule has 0 aliphatic carbocycles. The topological polar surface area (TPSA) is 35.5 Å². The van der Waals surface area contributed by atoms with Crippen molar-refractivity contribution in [2.75, 3.05) is 40.4 Å². The summed E-state index contributed by atoms with van der Waals surface area (Å²) in [4.78, 5) is 12.4. The van der Waals surface area contributed by atoms with Gasteiger partial charge in [-0.1, -0.05) is 93.8 Å². The molecule has 0 aliphatic heterocycles. The van der Waals surface area contributed by atoms with Crippen LogP contribution in [0.4, 0.5) is 0 Å². The minimum absolute atomic E-state index is 0.113. The van der Waals surface area contributed by atoms with Crippen molar-refractivity contribution < 1.29 is 18.8 Å². The summed E-state index contributed by atoms with van der Waals surface area (Å²) in [7, 11) is 4.11. The van der Waals surface area contributed by atoms with E-state index in [2.05, 4.69) is 52.2 Å². The lowest BCUT2D eigenvalue weighted by Crippen LogP contribution is -2.46. The van der Waals surface area contributed by atoms with Gasteiger partial charge in [-0.2, -0.15) is 0 Å². The molecule has 0 bridgehead atoms. The van der Waals surface area contributed by atoms with Crippen LogP contribution >= 0.6 is 0 Å². The first-order valence-corrected chi connectivity index (χ1v) is 11.6. The van der Waals surface area contributed by atoms with Crippen molar-refractivity contribution in [3.05, 3.63) is 71.8 Å². The lowest BCUT2D eigenvalue weighted by molar-refractivity contribution is -0.883. The highest BCUT2D eigenvalue weighted by atomic mass is 16.5. The molecular weight excluding hydrogens is 386 g/mol. The number of carbonyl (C=O) groups excluding carboxylic acids is 1. The van der Waals surface area contributed by atoms with Crippen LogP contribution in [0, 0.1) is 5.92 Å².